The van der Waals surface area contributed by atoms with E-state index in [1.807, 2.05) is 6.07 Å². The third-order valence-corrected chi connectivity index (χ3v) is 7.30. The van der Waals surface area contributed by atoms with E-state index in [0.29, 0.717) is 60.9 Å². The van der Waals surface area contributed by atoms with Gasteiger partial charge < -0.3 is 33.5 Å². The van der Waals surface area contributed by atoms with Crippen LogP contribution in [-0.4, -0.2) is 99.5 Å². The fourth-order valence-corrected chi connectivity index (χ4v) is 5.04. The van der Waals surface area contributed by atoms with E-state index in [4.69, 9.17) is 28.9 Å². The Morgan fingerprint density at radius 2 is 1.71 bits per heavy atom. The molecular weight excluding hydrogens is 528 g/mol. The molecular formula is C30H38N4O7. The van der Waals surface area contributed by atoms with E-state index in [9.17, 15) is 9.59 Å². The summed E-state index contributed by atoms with van der Waals surface area (Å²) in [5, 5.41) is 9.00. The molecule has 2 aliphatic heterocycles. The lowest BCUT2D eigenvalue weighted by Gasteiger charge is -2.24. The van der Waals surface area contributed by atoms with Crippen molar-refractivity contribution in [2.75, 3.05) is 66.7 Å². The summed E-state index contributed by atoms with van der Waals surface area (Å²) in [6.45, 7) is 6.12. The maximum Gasteiger partial charge on any atom is 0.339 e. The molecule has 1 aromatic carbocycles. The van der Waals surface area contributed by atoms with Gasteiger partial charge in [-0.2, -0.15) is 5.26 Å². The first-order valence-electron chi connectivity index (χ1n) is 14.1. The summed E-state index contributed by atoms with van der Waals surface area (Å²) in [4.78, 5) is 34.6. The molecule has 1 saturated heterocycles. The van der Waals surface area contributed by atoms with Gasteiger partial charge in [0.2, 0.25) is 5.75 Å². The predicted octanol–water partition coefficient (Wildman–Crippen LogP) is 3.31. The van der Waals surface area contributed by atoms with Crippen molar-refractivity contribution in [3.8, 4) is 23.3 Å². The van der Waals surface area contributed by atoms with E-state index in [-0.39, 0.29) is 11.8 Å². The van der Waals surface area contributed by atoms with E-state index < -0.39 is 11.9 Å². The van der Waals surface area contributed by atoms with Crippen LogP contribution in [0.1, 0.15) is 58.5 Å². The summed E-state index contributed by atoms with van der Waals surface area (Å²) < 4.78 is 28.5. The first kappa shape index (κ1) is 30.1. The summed E-state index contributed by atoms with van der Waals surface area (Å²) in [6.07, 6.45) is 4.68. The van der Waals surface area contributed by atoms with Crippen molar-refractivity contribution >= 4 is 11.9 Å². The first-order chi connectivity index (χ1) is 20.0. The molecule has 4 bridgehead atoms. The molecule has 1 aromatic heterocycles. The van der Waals surface area contributed by atoms with Crippen molar-refractivity contribution in [3.63, 3.8) is 0 Å². The number of carbonyl (C=O) groups excluding carboxylic acids is 2. The fourth-order valence-electron chi connectivity index (χ4n) is 5.04. The normalized spacial score (nSPS) is 22.4. The minimum atomic E-state index is -0.467. The number of hydrogen-bond donors (Lipinski definition) is 0. The topological polar surface area (TPSA) is 123 Å². The highest BCUT2D eigenvalue weighted by molar-refractivity contribution is 5.91. The average Bonchev–Trinajstić information content (AvgIpc) is 3.24. The van der Waals surface area contributed by atoms with Gasteiger partial charge in [0.15, 0.2) is 11.5 Å². The van der Waals surface area contributed by atoms with Crippen LogP contribution in [0.5, 0.6) is 17.2 Å². The molecule has 2 aliphatic rings. The fraction of sp³-hybridized carbons (Fsp3) is 0.533. The van der Waals surface area contributed by atoms with Crippen molar-refractivity contribution < 1.29 is 33.3 Å². The molecule has 0 amide bonds. The molecule has 11 nitrogen and oxygen atoms in total. The number of rotatable bonds is 4. The van der Waals surface area contributed by atoms with Gasteiger partial charge in [-0.05, 0) is 69.5 Å². The zero-order valence-electron chi connectivity index (χ0n) is 23.8. The van der Waals surface area contributed by atoms with Crippen LogP contribution < -0.4 is 14.2 Å². The van der Waals surface area contributed by atoms with Crippen LogP contribution in [0.15, 0.2) is 30.5 Å². The number of pyridine rings is 1. The van der Waals surface area contributed by atoms with E-state index >= 15 is 0 Å². The van der Waals surface area contributed by atoms with Crippen LogP contribution in [0.3, 0.4) is 0 Å². The Labute approximate surface area is 240 Å². The molecule has 0 N–H and O–H groups in total. The maximum absolute atomic E-state index is 12.9. The number of hydrogen-bond acceptors (Lipinski definition) is 11. The van der Waals surface area contributed by atoms with Crippen LogP contribution in [0, 0.1) is 11.3 Å². The Morgan fingerprint density at radius 3 is 2.41 bits per heavy atom. The first-order valence-corrected chi connectivity index (χ1v) is 14.1. The van der Waals surface area contributed by atoms with E-state index in [0.717, 1.165) is 52.1 Å². The van der Waals surface area contributed by atoms with Crippen LogP contribution in [0.25, 0.3) is 0 Å². The smallest absolute Gasteiger partial charge is 0.339 e. The average molecular weight is 567 g/mol. The molecule has 0 radical (unpaired) electrons. The minimum Gasteiger partial charge on any atom is -0.493 e. The zero-order chi connectivity index (χ0) is 29.0. The number of ether oxygens (including phenoxy) is 5. The van der Waals surface area contributed by atoms with Gasteiger partial charge in [-0.3, -0.25) is 0 Å². The molecule has 3 atom stereocenters. The van der Waals surface area contributed by atoms with Crippen LogP contribution in [0.2, 0.25) is 0 Å². The lowest BCUT2D eigenvalue weighted by Crippen LogP contribution is -2.34. The standard InChI is InChI=1S/C30H38N4O7/c1-37-26-18-23-19-27(28(26)38-2)39-16-3-6-25(41-30(36)22-7-8-24(20-31)32-21-22)9-13-34-11-4-10-33(14-15-34)12-5-17-40-29(23)35/h7-8,18-19,21,25H,3-6,9-17H2,1-2H3. The van der Waals surface area contributed by atoms with Gasteiger partial charge in [-0.15, -0.1) is 0 Å². The predicted molar refractivity (Wildman–Crippen MR) is 149 cm³/mol. The number of nitriles is 1. The maximum atomic E-state index is 12.9. The summed E-state index contributed by atoms with van der Waals surface area (Å²) in [7, 11) is 3.02. The Hall–Kier alpha value is -3.88. The monoisotopic (exact) mass is 566 g/mol. The summed E-state index contributed by atoms with van der Waals surface area (Å²) in [6, 6.07) is 8.21. The SMILES string of the molecule is COc1cc2cc(c1OC)OCCCC(OC(=O)c1ccc(C#N)nc1)CCN1CCCN(CCCOC2=O)CC1. The highest BCUT2D eigenvalue weighted by atomic mass is 16.5. The Morgan fingerprint density at radius 1 is 0.951 bits per heavy atom. The minimum absolute atomic E-state index is 0.241. The van der Waals surface area contributed by atoms with Gasteiger partial charge >= 0.3 is 11.9 Å². The Balaban J connectivity index is 1.51. The molecule has 0 saturated carbocycles. The number of benzene rings is 1. The van der Waals surface area contributed by atoms with Gasteiger partial charge in [0.1, 0.15) is 17.9 Å². The second-order valence-corrected chi connectivity index (χ2v) is 10.1. The zero-order valence-corrected chi connectivity index (χ0v) is 23.8. The number of nitrogens with zero attached hydrogens (tertiary/aromatic N) is 4. The van der Waals surface area contributed by atoms with Crippen LogP contribution in [0.4, 0.5) is 0 Å². The second kappa shape index (κ2) is 15.2. The second-order valence-electron chi connectivity index (χ2n) is 10.1. The third-order valence-electron chi connectivity index (χ3n) is 7.30. The Kier molecular flexibility index (Phi) is 11.2. The highest BCUT2D eigenvalue weighted by Gasteiger charge is 2.22. The van der Waals surface area contributed by atoms with E-state index in [2.05, 4.69) is 14.8 Å². The van der Waals surface area contributed by atoms with Gasteiger partial charge in [-0.1, -0.05) is 0 Å². The lowest BCUT2D eigenvalue weighted by molar-refractivity contribution is 0.0221. The number of cyclic esters (lactones) is 1. The van der Waals surface area contributed by atoms with Crippen molar-refractivity contribution in [2.24, 2.45) is 0 Å². The number of methoxy groups -OCH3 is 2. The lowest BCUT2D eigenvalue weighted by atomic mass is 10.1. The molecule has 11 heteroatoms. The molecule has 220 valence electrons. The van der Waals surface area contributed by atoms with Crippen molar-refractivity contribution in [3.05, 3.63) is 47.3 Å². The molecule has 3 heterocycles. The largest absolute Gasteiger partial charge is 0.493 e. The number of esters is 2. The van der Waals surface area contributed by atoms with Gasteiger partial charge in [-0.25, -0.2) is 14.6 Å². The van der Waals surface area contributed by atoms with Crippen molar-refractivity contribution in [2.45, 2.75) is 38.2 Å². The Bertz CT molecular complexity index is 1210. The number of carbonyl (C=O) groups is 2. The summed E-state index contributed by atoms with van der Waals surface area (Å²) in [5.41, 5.74) is 0.871. The third kappa shape index (κ3) is 8.55. The molecule has 2 aromatic rings. The van der Waals surface area contributed by atoms with Gasteiger partial charge in [0, 0.05) is 32.4 Å². The molecule has 3 unspecified atom stereocenters. The van der Waals surface area contributed by atoms with Crippen LogP contribution in [-0.2, 0) is 9.47 Å². The van der Waals surface area contributed by atoms with Crippen LogP contribution >= 0.6 is 0 Å². The molecule has 0 aliphatic carbocycles. The molecule has 0 spiro atoms. The summed E-state index contributed by atoms with van der Waals surface area (Å²) >= 11 is 0. The molecule has 4 rings (SSSR count). The van der Waals surface area contributed by atoms with Gasteiger partial charge in [0.05, 0.1) is 38.6 Å². The quantitative estimate of drug-likeness (QED) is 0.506. The highest BCUT2D eigenvalue weighted by Crippen LogP contribution is 2.39. The van der Waals surface area contributed by atoms with E-state index in [1.54, 1.807) is 18.2 Å². The number of aromatic nitrogens is 1. The van der Waals surface area contributed by atoms with Gasteiger partial charge in [0.25, 0.3) is 0 Å². The molecule has 1 fully saturated rings. The van der Waals surface area contributed by atoms with Crippen molar-refractivity contribution in [1.29, 1.82) is 5.26 Å². The van der Waals surface area contributed by atoms with E-state index in [1.165, 1.54) is 26.5 Å². The number of fused-ring (bicyclic) bond motifs is 5. The van der Waals surface area contributed by atoms with Crippen molar-refractivity contribution in [1.82, 2.24) is 14.8 Å². The summed E-state index contributed by atoms with van der Waals surface area (Å²) in [5.74, 6) is 0.227. The molecule has 41 heavy (non-hydrogen) atoms.